The fourth-order valence-electron chi connectivity index (χ4n) is 5.24. The topological polar surface area (TPSA) is 9.23 Å². The third-order valence-corrected chi connectivity index (χ3v) is 21.2. The second-order valence-electron chi connectivity index (χ2n) is 8.91. The van der Waals surface area contributed by atoms with Crippen molar-refractivity contribution in [3.63, 3.8) is 0 Å². The van der Waals surface area contributed by atoms with Gasteiger partial charge < -0.3 is 4.74 Å². The molecule has 184 valence electrons. The summed E-state index contributed by atoms with van der Waals surface area (Å²) in [5.74, 6) is 0.843. The van der Waals surface area contributed by atoms with Crippen LogP contribution in [-0.2, 0) is 11.8 Å². The first-order valence-corrected chi connectivity index (χ1v) is 17.6. The normalized spacial score (nSPS) is 12.6. The van der Waals surface area contributed by atoms with Gasteiger partial charge >= 0.3 is 0 Å². The van der Waals surface area contributed by atoms with Crippen molar-refractivity contribution in [1.29, 1.82) is 0 Å². The fourth-order valence-corrected chi connectivity index (χ4v) is 19.7. The maximum absolute atomic E-state index is 8.06. The van der Waals surface area contributed by atoms with Crippen molar-refractivity contribution in [2.45, 2.75) is 4.74 Å². The Morgan fingerprint density at radius 2 is 0.973 bits per heavy atom. The number of alkyl halides is 1. The minimum absolute atomic E-state index is 0.374. The van der Waals surface area contributed by atoms with E-state index in [0.29, 0.717) is 0 Å². The molecule has 5 aromatic carbocycles. The number of rotatable bonds is 8. The molecule has 5 rings (SSSR count). The monoisotopic (exact) mass is 554 g/mol. The van der Waals surface area contributed by atoms with Gasteiger partial charge in [-0.3, -0.25) is 0 Å². The smallest absolute Gasteiger partial charge is 0.177 e. The van der Waals surface area contributed by atoms with Crippen LogP contribution in [0.1, 0.15) is 0 Å². The number of para-hydroxylation sites is 1. The molecule has 0 saturated heterocycles. The van der Waals surface area contributed by atoms with Crippen LogP contribution in [0, 0.1) is 0 Å². The van der Waals surface area contributed by atoms with Crippen molar-refractivity contribution in [2.75, 3.05) is 7.11 Å². The van der Waals surface area contributed by atoms with E-state index in [-0.39, 0.29) is 4.74 Å². The molecule has 0 saturated carbocycles. The minimum Gasteiger partial charge on any atom is -0.497 e. The molecule has 1 nitrogen and oxygen atoms in total. The van der Waals surface area contributed by atoms with Crippen LogP contribution in [-0.4, -0.2) is 19.9 Å². The van der Waals surface area contributed by atoms with Gasteiger partial charge in [0.1, 0.15) is 5.75 Å². The summed E-state index contributed by atoms with van der Waals surface area (Å²) in [6.07, 6.45) is 0. The largest absolute Gasteiger partial charge is 0.497 e. The molecule has 1 atom stereocenters. The summed E-state index contributed by atoms with van der Waals surface area (Å²) in [5, 5.41) is 5.80. The van der Waals surface area contributed by atoms with E-state index in [1.807, 2.05) is 24.3 Å². The quantitative estimate of drug-likeness (QED) is 0.110. The lowest BCUT2D eigenvalue weighted by Gasteiger charge is -2.43. The third kappa shape index (κ3) is 4.51. The van der Waals surface area contributed by atoms with Gasteiger partial charge in [0.25, 0.3) is 0 Å². The van der Waals surface area contributed by atoms with Gasteiger partial charge in [-0.2, -0.15) is 0 Å². The van der Waals surface area contributed by atoms with Gasteiger partial charge in [0.15, 0.2) is 8.07 Å². The summed E-state index contributed by atoms with van der Waals surface area (Å²) < 4.78 is 5.65. The molecule has 5 heteroatoms. The van der Waals surface area contributed by atoms with E-state index >= 15 is 0 Å². The lowest BCUT2D eigenvalue weighted by molar-refractivity contribution is 0.418. The number of benzene rings is 5. The third-order valence-electron chi connectivity index (χ3n) is 6.95. The van der Waals surface area contributed by atoms with E-state index in [2.05, 4.69) is 121 Å². The van der Waals surface area contributed by atoms with Crippen LogP contribution in [0.4, 0.5) is 0 Å². The predicted octanol–water partition coefficient (Wildman–Crippen LogP) is 5.40. The lowest BCUT2D eigenvalue weighted by Crippen LogP contribution is -2.73. The van der Waals surface area contributed by atoms with Gasteiger partial charge in [0.05, 0.1) is 11.9 Å². The molecule has 0 aromatic heterocycles. The standard InChI is InChI=1S/C32H28ClOPSSi/c1-34-30-24-14-15-25-31(30)37(28-20-10-4-11-21-28,29-22-12-5-13-23-29)32(33)35(36,26-16-6-2-7-17-26)27-18-8-3-9-19-27/h2-25,32H,1H3. The molecular formula is C32H28ClOPSSi. The summed E-state index contributed by atoms with van der Waals surface area (Å²) in [6, 6.07) is 48.2. The zero-order valence-electron chi connectivity index (χ0n) is 20.6. The summed E-state index contributed by atoms with van der Waals surface area (Å²) in [5.41, 5.74) is 0. The zero-order valence-corrected chi connectivity index (χ0v) is 24.0. The summed E-state index contributed by atoms with van der Waals surface area (Å²) in [4.78, 5) is 0. The van der Waals surface area contributed by atoms with Crippen LogP contribution < -0.4 is 30.9 Å². The SMILES string of the molecule is COc1ccccc1[Si](c1ccccc1)(c1ccccc1)C(Cl)P(=S)(c1ccccc1)c1ccccc1. The Hall–Kier alpha value is -2.94. The average Bonchev–Trinajstić information content (AvgIpc) is 2.99. The van der Waals surface area contributed by atoms with E-state index in [1.54, 1.807) is 7.11 Å². The highest BCUT2D eigenvalue weighted by molar-refractivity contribution is 8.23. The molecule has 37 heavy (non-hydrogen) atoms. The first kappa shape index (κ1) is 25.7. The lowest BCUT2D eigenvalue weighted by atomic mass is 10.3. The van der Waals surface area contributed by atoms with E-state index in [1.165, 1.54) is 10.4 Å². The Morgan fingerprint density at radius 1 is 0.595 bits per heavy atom. The van der Waals surface area contributed by atoms with E-state index in [0.717, 1.165) is 21.5 Å². The molecule has 0 aliphatic rings. The Morgan fingerprint density at radius 3 is 1.41 bits per heavy atom. The molecule has 0 bridgehead atoms. The van der Waals surface area contributed by atoms with Crippen LogP contribution in [0.25, 0.3) is 0 Å². The van der Waals surface area contributed by atoms with Crippen LogP contribution in [0.3, 0.4) is 0 Å². The van der Waals surface area contributed by atoms with Gasteiger partial charge in [-0.1, -0.05) is 151 Å². The van der Waals surface area contributed by atoms with Crippen molar-refractivity contribution in [2.24, 2.45) is 0 Å². The van der Waals surface area contributed by atoms with Gasteiger partial charge in [-0.25, -0.2) is 0 Å². The molecule has 0 aliphatic heterocycles. The minimum atomic E-state index is -3.01. The van der Waals surface area contributed by atoms with Gasteiger partial charge in [0, 0.05) is 6.04 Å². The molecule has 0 spiro atoms. The Bertz CT molecular complexity index is 1410. The molecule has 0 heterocycles. The molecule has 0 radical (unpaired) electrons. The van der Waals surface area contributed by atoms with Gasteiger partial charge in [-0.05, 0) is 32.2 Å². The van der Waals surface area contributed by atoms with Crippen LogP contribution >= 0.6 is 17.6 Å². The molecular weight excluding hydrogens is 527 g/mol. The summed E-state index contributed by atoms with van der Waals surface area (Å²) >= 11 is 14.9. The maximum Gasteiger partial charge on any atom is 0.177 e. The summed E-state index contributed by atoms with van der Waals surface area (Å²) in [7, 11) is -1.27. The number of hydrogen-bond acceptors (Lipinski definition) is 2. The van der Waals surface area contributed by atoms with Crippen molar-refractivity contribution in [1.82, 2.24) is 0 Å². The van der Waals surface area contributed by atoms with Gasteiger partial charge in [0.2, 0.25) is 0 Å². The van der Waals surface area contributed by atoms with Crippen molar-refractivity contribution in [3.8, 4) is 5.75 Å². The zero-order chi connectivity index (χ0) is 25.7. The second kappa shape index (κ2) is 11.2. The molecule has 0 aliphatic carbocycles. The van der Waals surface area contributed by atoms with E-state index < -0.39 is 14.1 Å². The van der Waals surface area contributed by atoms with Crippen molar-refractivity contribution in [3.05, 3.63) is 146 Å². The Kier molecular flexibility index (Phi) is 7.78. The molecule has 1 unspecified atom stereocenters. The predicted molar refractivity (Wildman–Crippen MR) is 167 cm³/mol. The number of halogens is 1. The average molecular weight is 555 g/mol. The van der Waals surface area contributed by atoms with Crippen LogP contribution in [0.15, 0.2) is 146 Å². The molecule has 5 aromatic rings. The van der Waals surface area contributed by atoms with E-state index in [9.17, 15) is 0 Å². The van der Waals surface area contributed by atoms with Crippen LogP contribution in [0.2, 0.25) is 0 Å². The highest BCUT2D eigenvalue weighted by Crippen LogP contribution is 2.54. The Labute approximate surface area is 230 Å². The molecule has 0 fully saturated rings. The molecule has 0 N–H and O–H groups in total. The second-order valence-corrected chi connectivity index (χ2v) is 19.0. The highest BCUT2D eigenvalue weighted by atomic mass is 35.5. The highest BCUT2D eigenvalue weighted by Gasteiger charge is 2.53. The van der Waals surface area contributed by atoms with Crippen molar-refractivity contribution < 1.29 is 4.74 Å². The van der Waals surface area contributed by atoms with E-state index in [4.69, 9.17) is 28.1 Å². The fraction of sp³-hybridized carbons (Fsp3) is 0.0625. The van der Waals surface area contributed by atoms with Crippen molar-refractivity contribution >= 4 is 63.7 Å². The maximum atomic E-state index is 8.06. The number of hydrogen-bond donors (Lipinski definition) is 0. The Balaban J connectivity index is 1.94. The first-order chi connectivity index (χ1) is 18.1. The first-order valence-electron chi connectivity index (χ1n) is 12.2. The van der Waals surface area contributed by atoms with Crippen LogP contribution in [0.5, 0.6) is 5.75 Å². The number of ether oxygens (including phenoxy) is 1. The summed E-state index contributed by atoms with van der Waals surface area (Å²) in [6.45, 7) is 0. The number of methoxy groups -OCH3 is 1. The molecule has 0 amide bonds. The van der Waals surface area contributed by atoms with Gasteiger partial charge in [-0.15, -0.1) is 11.6 Å².